The van der Waals surface area contributed by atoms with Gasteiger partial charge in [-0.2, -0.15) is 0 Å². The third-order valence-corrected chi connectivity index (χ3v) is 6.02. The van der Waals surface area contributed by atoms with E-state index in [0.29, 0.717) is 13.0 Å². The lowest BCUT2D eigenvalue weighted by Crippen LogP contribution is -2.61. The number of carbonyl (C=O) groups is 2. The van der Waals surface area contributed by atoms with Crippen LogP contribution in [0.4, 0.5) is 5.13 Å². The van der Waals surface area contributed by atoms with E-state index in [9.17, 15) is 9.59 Å². The Bertz CT molecular complexity index is 636. The quantitative estimate of drug-likeness (QED) is 0.843. The van der Waals surface area contributed by atoms with Crippen LogP contribution in [0.3, 0.4) is 0 Å². The normalized spacial score (nSPS) is 26.0. The second kappa shape index (κ2) is 6.64. The number of aromatic nitrogens is 2. The van der Waals surface area contributed by atoms with Crippen molar-refractivity contribution >= 4 is 28.3 Å². The lowest BCUT2D eigenvalue weighted by Gasteiger charge is -2.49. The Hall–Kier alpha value is -1.74. The molecule has 132 valence electrons. The van der Waals surface area contributed by atoms with Gasteiger partial charge in [0.05, 0.1) is 0 Å². The first-order valence-corrected chi connectivity index (χ1v) is 8.97. The number of hydrogen-bond acceptors (Lipinski definition) is 7. The maximum absolute atomic E-state index is 12.2. The molecule has 3 heterocycles. The average molecular weight is 353 g/mol. The van der Waals surface area contributed by atoms with Crippen molar-refractivity contribution in [2.45, 2.75) is 31.7 Å². The minimum atomic E-state index is -0.956. The largest absolute Gasteiger partial charge is 0.480 e. The van der Waals surface area contributed by atoms with Crippen molar-refractivity contribution in [3.8, 4) is 0 Å². The summed E-state index contributed by atoms with van der Waals surface area (Å²) in [5, 5.41) is 19.2. The van der Waals surface area contributed by atoms with E-state index < -0.39 is 5.97 Å². The standard InChI is InChI=1S/C15H23N5O3S/c1-11-16-17-14(24-11)20-8-7-18(2)15(10-20)4-3-12(21)19(6-5-15)9-13(22)23/h3-10H2,1-2H3,(H,22,23). The summed E-state index contributed by atoms with van der Waals surface area (Å²) in [4.78, 5) is 29.3. The number of carbonyl (C=O) groups excluding carboxylic acids is 1. The number of aliphatic carboxylic acids is 1. The van der Waals surface area contributed by atoms with Gasteiger partial charge in [-0.25, -0.2) is 0 Å². The zero-order valence-corrected chi connectivity index (χ0v) is 14.9. The van der Waals surface area contributed by atoms with Gasteiger partial charge in [0, 0.05) is 38.1 Å². The number of likely N-dealkylation sites (N-methyl/N-ethyl adjacent to an activating group) is 1. The number of piperazine rings is 1. The zero-order valence-electron chi connectivity index (χ0n) is 14.1. The Labute approximate surface area is 145 Å². The highest BCUT2D eigenvalue weighted by Gasteiger charge is 2.43. The Morgan fingerprint density at radius 1 is 1.29 bits per heavy atom. The summed E-state index contributed by atoms with van der Waals surface area (Å²) in [6, 6.07) is 0. The molecule has 2 fully saturated rings. The summed E-state index contributed by atoms with van der Waals surface area (Å²) in [7, 11) is 2.10. The van der Waals surface area contributed by atoms with Crippen LogP contribution >= 0.6 is 11.3 Å². The van der Waals surface area contributed by atoms with Gasteiger partial charge in [-0.1, -0.05) is 11.3 Å². The van der Waals surface area contributed by atoms with Crippen LogP contribution in [-0.4, -0.2) is 82.3 Å². The molecule has 1 aromatic rings. The van der Waals surface area contributed by atoms with E-state index in [1.54, 1.807) is 11.3 Å². The molecule has 0 aliphatic carbocycles. The third-order valence-electron chi connectivity index (χ3n) is 5.12. The summed E-state index contributed by atoms with van der Waals surface area (Å²) in [5.41, 5.74) is -0.124. The lowest BCUT2D eigenvalue weighted by atomic mass is 9.86. The van der Waals surface area contributed by atoms with Gasteiger partial charge < -0.3 is 14.9 Å². The highest BCUT2D eigenvalue weighted by molar-refractivity contribution is 7.15. The van der Waals surface area contributed by atoms with Crippen molar-refractivity contribution in [2.75, 3.05) is 44.7 Å². The molecule has 2 saturated heterocycles. The molecule has 24 heavy (non-hydrogen) atoms. The molecule has 8 nitrogen and oxygen atoms in total. The van der Waals surface area contributed by atoms with Gasteiger partial charge in [-0.15, -0.1) is 10.2 Å². The van der Waals surface area contributed by atoms with Crippen LogP contribution in [0.1, 0.15) is 24.3 Å². The van der Waals surface area contributed by atoms with Crippen LogP contribution in [0.2, 0.25) is 0 Å². The molecule has 1 atom stereocenters. The van der Waals surface area contributed by atoms with Crippen LogP contribution < -0.4 is 4.90 Å². The predicted molar refractivity (Wildman–Crippen MR) is 90.3 cm³/mol. The van der Waals surface area contributed by atoms with Gasteiger partial charge >= 0.3 is 5.97 Å². The van der Waals surface area contributed by atoms with E-state index in [0.717, 1.165) is 42.6 Å². The fourth-order valence-corrected chi connectivity index (χ4v) is 4.31. The van der Waals surface area contributed by atoms with Crippen molar-refractivity contribution in [1.29, 1.82) is 0 Å². The highest BCUT2D eigenvalue weighted by atomic mass is 32.1. The maximum atomic E-state index is 12.2. The van der Waals surface area contributed by atoms with Gasteiger partial charge in [0.2, 0.25) is 11.0 Å². The first-order chi connectivity index (χ1) is 11.4. The van der Waals surface area contributed by atoms with Crippen LogP contribution in [0.5, 0.6) is 0 Å². The molecule has 1 amide bonds. The summed E-state index contributed by atoms with van der Waals surface area (Å²) >= 11 is 1.59. The Morgan fingerprint density at radius 2 is 2.08 bits per heavy atom. The van der Waals surface area contributed by atoms with E-state index in [1.165, 1.54) is 4.90 Å². The molecule has 1 spiro atoms. The monoisotopic (exact) mass is 353 g/mol. The number of carboxylic acids is 1. The van der Waals surface area contributed by atoms with E-state index in [4.69, 9.17) is 5.11 Å². The Kier molecular flexibility index (Phi) is 4.73. The van der Waals surface area contributed by atoms with Gasteiger partial charge in [0.15, 0.2) is 0 Å². The summed E-state index contributed by atoms with van der Waals surface area (Å²) in [6.45, 7) is 4.80. The molecule has 9 heteroatoms. The van der Waals surface area contributed by atoms with Crippen molar-refractivity contribution in [2.24, 2.45) is 0 Å². The number of carboxylic acid groups (broad SMARTS) is 1. The average Bonchev–Trinajstić information content (AvgIpc) is 2.91. The van der Waals surface area contributed by atoms with E-state index >= 15 is 0 Å². The van der Waals surface area contributed by atoms with Crippen molar-refractivity contribution < 1.29 is 14.7 Å². The molecular formula is C15H23N5O3S. The van der Waals surface area contributed by atoms with E-state index in [1.807, 2.05) is 6.92 Å². The van der Waals surface area contributed by atoms with Crippen LogP contribution in [0.15, 0.2) is 0 Å². The van der Waals surface area contributed by atoms with Gasteiger partial charge in [0.1, 0.15) is 11.6 Å². The Balaban J connectivity index is 1.77. The summed E-state index contributed by atoms with van der Waals surface area (Å²) in [5.74, 6) is -1.02. The SMILES string of the molecule is Cc1nnc(N2CCN(C)C3(CCC(=O)N(CC(=O)O)CC3)C2)s1. The number of nitrogens with zero attached hydrogens (tertiary/aromatic N) is 5. The summed E-state index contributed by atoms with van der Waals surface area (Å²) in [6.07, 6.45) is 1.91. The molecule has 1 unspecified atom stereocenters. The molecule has 0 radical (unpaired) electrons. The van der Waals surface area contributed by atoms with Crippen molar-refractivity contribution in [3.63, 3.8) is 0 Å². The van der Waals surface area contributed by atoms with Gasteiger partial charge in [0.25, 0.3) is 0 Å². The first kappa shape index (κ1) is 17.1. The number of rotatable bonds is 3. The first-order valence-electron chi connectivity index (χ1n) is 8.15. The predicted octanol–water partition coefficient (Wildman–Crippen LogP) is 0.434. The number of likely N-dealkylation sites (tertiary alicyclic amines) is 1. The molecule has 1 N–H and O–H groups in total. The number of aryl methyl sites for hydroxylation is 1. The van der Waals surface area contributed by atoms with Gasteiger partial charge in [-0.05, 0) is 26.8 Å². The zero-order chi connectivity index (χ0) is 17.3. The molecule has 1 aromatic heterocycles. The second-order valence-corrected chi connectivity index (χ2v) is 7.79. The van der Waals surface area contributed by atoms with E-state index in [2.05, 4.69) is 27.0 Å². The highest BCUT2D eigenvalue weighted by Crippen LogP contribution is 2.34. The van der Waals surface area contributed by atoms with Crippen LogP contribution in [0, 0.1) is 6.92 Å². The molecule has 2 aliphatic rings. The number of amides is 1. The smallest absolute Gasteiger partial charge is 0.323 e. The van der Waals surface area contributed by atoms with Crippen LogP contribution in [0.25, 0.3) is 0 Å². The molecule has 0 saturated carbocycles. The van der Waals surface area contributed by atoms with Crippen molar-refractivity contribution in [1.82, 2.24) is 20.0 Å². The fourth-order valence-electron chi connectivity index (χ4n) is 3.60. The minimum Gasteiger partial charge on any atom is -0.480 e. The molecule has 2 aliphatic heterocycles. The van der Waals surface area contributed by atoms with Gasteiger partial charge in [-0.3, -0.25) is 14.5 Å². The maximum Gasteiger partial charge on any atom is 0.323 e. The van der Waals surface area contributed by atoms with Crippen LogP contribution in [-0.2, 0) is 9.59 Å². The minimum absolute atomic E-state index is 0.0634. The molecular weight excluding hydrogens is 330 g/mol. The second-order valence-electron chi connectivity index (χ2n) is 6.63. The number of hydrogen-bond donors (Lipinski definition) is 1. The van der Waals surface area contributed by atoms with Crippen molar-refractivity contribution in [3.05, 3.63) is 5.01 Å². The Morgan fingerprint density at radius 3 is 2.75 bits per heavy atom. The molecule has 0 aromatic carbocycles. The fraction of sp³-hybridized carbons (Fsp3) is 0.733. The molecule has 3 rings (SSSR count). The lowest BCUT2D eigenvalue weighted by molar-refractivity contribution is -0.144. The topological polar surface area (TPSA) is 89.9 Å². The number of anilines is 1. The van der Waals surface area contributed by atoms with E-state index in [-0.39, 0.29) is 18.0 Å². The third kappa shape index (κ3) is 3.36. The molecule has 0 bridgehead atoms. The summed E-state index contributed by atoms with van der Waals surface area (Å²) < 4.78 is 0.